The number of aryl methyl sites for hydroxylation is 1. The standard InChI is InChI=1S/C23H23ClN2O4S/c1-14(2)13-30-18-8-5-16(6-9-18)10-20-22(28)26(23(29)31-20)12-21(27)25-19-11-17(24)7-4-15(19)3/h4-11,14H,12-13H2,1-3H3,(H,25,27)/b20-10-. The van der Waals surface area contributed by atoms with Crippen LogP contribution in [0.5, 0.6) is 5.75 Å². The fourth-order valence-electron chi connectivity index (χ4n) is 2.77. The molecule has 2 aromatic rings. The number of hydrogen-bond donors (Lipinski definition) is 1. The molecule has 0 saturated carbocycles. The van der Waals surface area contributed by atoms with Gasteiger partial charge in [-0.15, -0.1) is 0 Å². The number of thioether (sulfide) groups is 1. The first-order valence-corrected chi connectivity index (χ1v) is 11.0. The summed E-state index contributed by atoms with van der Waals surface area (Å²) in [5, 5.41) is 2.70. The Morgan fingerprint density at radius 3 is 2.58 bits per heavy atom. The highest BCUT2D eigenvalue weighted by molar-refractivity contribution is 8.18. The minimum absolute atomic E-state index is 0.271. The van der Waals surface area contributed by atoms with Crippen LogP contribution in [0.2, 0.25) is 5.02 Å². The molecule has 0 radical (unpaired) electrons. The molecule has 0 atom stereocenters. The van der Waals surface area contributed by atoms with E-state index in [0.29, 0.717) is 23.2 Å². The van der Waals surface area contributed by atoms with Crippen LogP contribution in [-0.4, -0.2) is 35.1 Å². The number of halogens is 1. The first-order valence-electron chi connectivity index (χ1n) is 9.77. The molecular formula is C23H23ClN2O4S. The summed E-state index contributed by atoms with van der Waals surface area (Å²) in [6, 6.07) is 12.4. The SMILES string of the molecule is Cc1ccc(Cl)cc1NC(=O)CN1C(=O)S/C(=C\c2ccc(OCC(C)C)cc2)C1=O. The third-order valence-electron chi connectivity index (χ3n) is 4.41. The van der Waals surface area contributed by atoms with Gasteiger partial charge in [0.1, 0.15) is 12.3 Å². The smallest absolute Gasteiger partial charge is 0.294 e. The van der Waals surface area contributed by atoms with Crippen LogP contribution in [0.1, 0.15) is 25.0 Å². The van der Waals surface area contributed by atoms with Gasteiger partial charge >= 0.3 is 0 Å². The van der Waals surface area contributed by atoms with Crippen LogP contribution in [0.3, 0.4) is 0 Å². The molecule has 1 heterocycles. The summed E-state index contributed by atoms with van der Waals surface area (Å²) in [5.41, 5.74) is 2.13. The number of hydrogen-bond acceptors (Lipinski definition) is 5. The average Bonchev–Trinajstić information content (AvgIpc) is 2.97. The second kappa shape index (κ2) is 10.0. The van der Waals surface area contributed by atoms with Crippen LogP contribution in [0.15, 0.2) is 47.4 Å². The Morgan fingerprint density at radius 2 is 1.90 bits per heavy atom. The van der Waals surface area contributed by atoms with Gasteiger partial charge in [0.25, 0.3) is 11.1 Å². The predicted molar refractivity (Wildman–Crippen MR) is 124 cm³/mol. The minimum Gasteiger partial charge on any atom is -0.493 e. The normalized spacial score (nSPS) is 15.1. The molecule has 31 heavy (non-hydrogen) atoms. The van der Waals surface area contributed by atoms with Gasteiger partial charge in [-0.2, -0.15) is 0 Å². The van der Waals surface area contributed by atoms with E-state index in [2.05, 4.69) is 19.2 Å². The lowest BCUT2D eigenvalue weighted by Crippen LogP contribution is -2.36. The highest BCUT2D eigenvalue weighted by Gasteiger charge is 2.36. The fraction of sp³-hybridized carbons (Fsp3) is 0.261. The molecule has 0 bridgehead atoms. The summed E-state index contributed by atoms with van der Waals surface area (Å²) >= 11 is 6.78. The summed E-state index contributed by atoms with van der Waals surface area (Å²) < 4.78 is 5.65. The first kappa shape index (κ1) is 22.9. The Bertz CT molecular complexity index is 1030. The molecule has 1 aliphatic rings. The molecule has 1 N–H and O–H groups in total. The minimum atomic E-state index is -0.492. The lowest BCUT2D eigenvalue weighted by Gasteiger charge is -2.13. The van der Waals surface area contributed by atoms with Crippen LogP contribution in [-0.2, 0) is 9.59 Å². The lowest BCUT2D eigenvalue weighted by molar-refractivity contribution is -0.127. The molecule has 6 nitrogen and oxygen atoms in total. The van der Waals surface area contributed by atoms with Gasteiger partial charge in [0.05, 0.1) is 11.5 Å². The third kappa shape index (κ3) is 6.12. The van der Waals surface area contributed by atoms with Crippen molar-refractivity contribution in [1.82, 2.24) is 4.90 Å². The van der Waals surface area contributed by atoms with Crippen molar-refractivity contribution in [3.8, 4) is 5.75 Å². The van der Waals surface area contributed by atoms with E-state index in [4.69, 9.17) is 16.3 Å². The van der Waals surface area contributed by atoms with Crippen LogP contribution < -0.4 is 10.1 Å². The third-order valence-corrected chi connectivity index (χ3v) is 5.55. The predicted octanol–water partition coefficient (Wildman–Crippen LogP) is 5.36. The van der Waals surface area contributed by atoms with Crippen molar-refractivity contribution < 1.29 is 19.1 Å². The van der Waals surface area contributed by atoms with Crippen molar-refractivity contribution >= 4 is 52.2 Å². The second-order valence-electron chi connectivity index (χ2n) is 7.55. The zero-order valence-corrected chi connectivity index (χ0v) is 19.0. The maximum absolute atomic E-state index is 12.7. The number of nitrogens with zero attached hydrogens (tertiary/aromatic N) is 1. The molecule has 3 rings (SSSR count). The zero-order valence-electron chi connectivity index (χ0n) is 17.5. The summed E-state index contributed by atoms with van der Waals surface area (Å²) in [4.78, 5) is 38.6. The zero-order chi connectivity index (χ0) is 22.5. The number of imide groups is 1. The summed E-state index contributed by atoms with van der Waals surface area (Å²) in [6.07, 6.45) is 1.64. The lowest BCUT2D eigenvalue weighted by atomic mass is 10.2. The number of carbonyl (C=O) groups is 3. The van der Waals surface area contributed by atoms with Crippen molar-refractivity contribution in [1.29, 1.82) is 0 Å². The van der Waals surface area contributed by atoms with Gasteiger partial charge < -0.3 is 10.1 Å². The largest absolute Gasteiger partial charge is 0.493 e. The molecule has 3 amide bonds. The molecule has 0 unspecified atom stereocenters. The van der Waals surface area contributed by atoms with Gasteiger partial charge in [-0.25, -0.2) is 0 Å². The number of benzene rings is 2. The number of carbonyl (C=O) groups excluding carboxylic acids is 3. The monoisotopic (exact) mass is 458 g/mol. The molecule has 8 heteroatoms. The highest BCUT2D eigenvalue weighted by Crippen LogP contribution is 2.32. The van der Waals surface area contributed by atoms with E-state index in [0.717, 1.165) is 33.5 Å². The van der Waals surface area contributed by atoms with Gasteiger partial charge in [0.15, 0.2) is 0 Å². The number of nitrogens with one attached hydrogen (secondary N) is 1. The first-order chi connectivity index (χ1) is 14.7. The van der Waals surface area contributed by atoms with E-state index in [-0.39, 0.29) is 11.4 Å². The maximum Gasteiger partial charge on any atom is 0.294 e. The van der Waals surface area contributed by atoms with E-state index in [9.17, 15) is 14.4 Å². The van der Waals surface area contributed by atoms with E-state index in [1.807, 2.05) is 31.2 Å². The van der Waals surface area contributed by atoms with Gasteiger partial charge in [-0.05, 0) is 66.1 Å². The Kier molecular flexibility index (Phi) is 7.41. The molecule has 1 saturated heterocycles. The van der Waals surface area contributed by atoms with E-state index >= 15 is 0 Å². The maximum atomic E-state index is 12.7. The van der Waals surface area contributed by atoms with E-state index in [1.54, 1.807) is 24.3 Å². The molecular weight excluding hydrogens is 436 g/mol. The molecule has 2 aromatic carbocycles. The van der Waals surface area contributed by atoms with Crippen molar-refractivity contribution in [3.05, 3.63) is 63.5 Å². The Labute approximate surface area is 190 Å². The second-order valence-corrected chi connectivity index (χ2v) is 8.98. The van der Waals surface area contributed by atoms with Crippen LogP contribution in [0.25, 0.3) is 6.08 Å². The summed E-state index contributed by atoms with van der Waals surface area (Å²) in [6.45, 7) is 6.22. The molecule has 0 aromatic heterocycles. The van der Waals surface area contributed by atoms with Crippen molar-refractivity contribution in [2.75, 3.05) is 18.5 Å². The van der Waals surface area contributed by atoms with Crippen LogP contribution >= 0.6 is 23.4 Å². The quantitative estimate of drug-likeness (QED) is 0.565. The summed E-state index contributed by atoms with van der Waals surface area (Å²) in [5.74, 6) is 0.201. The van der Waals surface area contributed by atoms with Crippen LogP contribution in [0, 0.1) is 12.8 Å². The van der Waals surface area contributed by atoms with Gasteiger partial charge in [-0.1, -0.05) is 43.6 Å². The van der Waals surface area contributed by atoms with Crippen molar-refractivity contribution in [2.24, 2.45) is 5.92 Å². The van der Waals surface area contributed by atoms with E-state index < -0.39 is 17.1 Å². The molecule has 0 aliphatic carbocycles. The fourth-order valence-corrected chi connectivity index (χ4v) is 3.78. The Balaban J connectivity index is 1.64. The van der Waals surface area contributed by atoms with Gasteiger partial charge in [-0.3, -0.25) is 19.3 Å². The number of amides is 3. The Morgan fingerprint density at radius 1 is 1.19 bits per heavy atom. The number of ether oxygens (including phenoxy) is 1. The average molecular weight is 459 g/mol. The van der Waals surface area contributed by atoms with E-state index in [1.165, 1.54) is 0 Å². The molecule has 1 fully saturated rings. The number of rotatable bonds is 7. The Hall–Kier alpha value is -2.77. The summed E-state index contributed by atoms with van der Waals surface area (Å²) in [7, 11) is 0. The topological polar surface area (TPSA) is 75.7 Å². The molecule has 1 aliphatic heterocycles. The van der Waals surface area contributed by atoms with Gasteiger partial charge in [0, 0.05) is 10.7 Å². The van der Waals surface area contributed by atoms with Crippen molar-refractivity contribution in [2.45, 2.75) is 20.8 Å². The number of anilines is 1. The molecule has 162 valence electrons. The van der Waals surface area contributed by atoms with Gasteiger partial charge in [0.2, 0.25) is 5.91 Å². The van der Waals surface area contributed by atoms with Crippen molar-refractivity contribution in [3.63, 3.8) is 0 Å². The van der Waals surface area contributed by atoms with Crippen LogP contribution in [0.4, 0.5) is 10.5 Å². The highest BCUT2D eigenvalue weighted by atomic mass is 35.5. The molecule has 0 spiro atoms.